The number of amides is 1. The lowest BCUT2D eigenvalue weighted by Gasteiger charge is -2.16. The summed E-state index contributed by atoms with van der Waals surface area (Å²) in [6.45, 7) is 4.23. The van der Waals surface area contributed by atoms with Gasteiger partial charge in [0, 0.05) is 5.02 Å². The van der Waals surface area contributed by atoms with Gasteiger partial charge in [-0.2, -0.15) is 0 Å². The molecule has 1 unspecified atom stereocenters. The minimum absolute atomic E-state index is 0.0453. The number of halogens is 1. The van der Waals surface area contributed by atoms with E-state index in [1.165, 1.54) is 0 Å². The Morgan fingerprint density at radius 3 is 2.52 bits per heavy atom. The lowest BCUT2D eigenvalue weighted by atomic mass is 10.2. The van der Waals surface area contributed by atoms with Gasteiger partial charge in [-0.05, 0) is 49.7 Å². The van der Waals surface area contributed by atoms with E-state index in [0.29, 0.717) is 17.4 Å². The summed E-state index contributed by atoms with van der Waals surface area (Å²) >= 11 is 5.79. The van der Waals surface area contributed by atoms with Crippen molar-refractivity contribution in [2.75, 3.05) is 13.2 Å². The predicted octanol–water partition coefficient (Wildman–Crippen LogP) is 3.61. The monoisotopic (exact) mass is 333 g/mol. The number of carbonyl (C=O) groups excluding carboxylic acids is 1. The van der Waals surface area contributed by atoms with Crippen LogP contribution >= 0.6 is 11.6 Å². The van der Waals surface area contributed by atoms with Crippen LogP contribution in [0.2, 0.25) is 5.02 Å². The summed E-state index contributed by atoms with van der Waals surface area (Å²) in [5.41, 5.74) is 1.07. The number of ether oxygens (including phenoxy) is 2. The van der Waals surface area contributed by atoms with Crippen molar-refractivity contribution in [1.29, 1.82) is 0 Å². The van der Waals surface area contributed by atoms with Gasteiger partial charge < -0.3 is 14.8 Å². The lowest BCUT2D eigenvalue weighted by Crippen LogP contribution is -2.39. The van der Waals surface area contributed by atoms with E-state index in [-0.39, 0.29) is 18.6 Å². The summed E-state index contributed by atoms with van der Waals surface area (Å²) < 4.78 is 11.1. The molecule has 0 fully saturated rings. The molecule has 2 aromatic carbocycles. The molecule has 0 saturated carbocycles. The molecule has 0 aliphatic heterocycles. The molecule has 1 amide bonds. The third-order valence-electron chi connectivity index (χ3n) is 3.17. The van der Waals surface area contributed by atoms with Crippen molar-refractivity contribution in [2.24, 2.45) is 0 Å². The Bertz CT molecular complexity index is 643. The second-order valence-electron chi connectivity index (χ2n) is 5.29. The number of carbonyl (C=O) groups is 1. The van der Waals surface area contributed by atoms with Crippen molar-refractivity contribution in [1.82, 2.24) is 5.32 Å². The SMILES string of the molecule is Cc1ccccc1OCC(C)NC(=O)COc1ccc(Cl)cc1. The van der Waals surface area contributed by atoms with Gasteiger partial charge in [0.05, 0.1) is 6.04 Å². The molecule has 0 heterocycles. The van der Waals surface area contributed by atoms with Crippen LogP contribution < -0.4 is 14.8 Å². The minimum Gasteiger partial charge on any atom is -0.491 e. The van der Waals surface area contributed by atoms with Gasteiger partial charge in [0.2, 0.25) is 0 Å². The van der Waals surface area contributed by atoms with E-state index in [1.54, 1.807) is 24.3 Å². The molecule has 4 nitrogen and oxygen atoms in total. The van der Waals surface area contributed by atoms with Gasteiger partial charge in [-0.15, -0.1) is 0 Å². The summed E-state index contributed by atoms with van der Waals surface area (Å²) in [7, 11) is 0. The molecule has 1 atom stereocenters. The highest BCUT2D eigenvalue weighted by atomic mass is 35.5. The van der Waals surface area contributed by atoms with Gasteiger partial charge in [-0.1, -0.05) is 29.8 Å². The molecule has 0 bridgehead atoms. The van der Waals surface area contributed by atoms with E-state index in [9.17, 15) is 4.79 Å². The zero-order valence-corrected chi connectivity index (χ0v) is 14.0. The Hall–Kier alpha value is -2.20. The van der Waals surface area contributed by atoms with Crippen molar-refractivity contribution in [3.63, 3.8) is 0 Å². The number of nitrogens with one attached hydrogen (secondary N) is 1. The third kappa shape index (κ3) is 5.83. The van der Waals surface area contributed by atoms with Gasteiger partial charge in [0.25, 0.3) is 5.91 Å². The fraction of sp³-hybridized carbons (Fsp3) is 0.278. The molecule has 0 aromatic heterocycles. The third-order valence-corrected chi connectivity index (χ3v) is 3.43. The molecule has 0 radical (unpaired) electrons. The van der Waals surface area contributed by atoms with Gasteiger partial charge in [-0.25, -0.2) is 0 Å². The van der Waals surface area contributed by atoms with E-state index < -0.39 is 0 Å². The van der Waals surface area contributed by atoms with Crippen molar-refractivity contribution < 1.29 is 14.3 Å². The number of rotatable bonds is 7. The van der Waals surface area contributed by atoms with Crippen LogP contribution in [0.1, 0.15) is 12.5 Å². The van der Waals surface area contributed by atoms with Crippen molar-refractivity contribution >= 4 is 17.5 Å². The Morgan fingerprint density at radius 2 is 1.83 bits per heavy atom. The topological polar surface area (TPSA) is 47.6 Å². The van der Waals surface area contributed by atoms with E-state index in [2.05, 4.69) is 5.32 Å². The van der Waals surface area contributed by atoms with Crippen LogP contribution in [0.15, 0.2) is 48.5 Å². The maximum Gasteiger partial charge on any atom is 0.258 e. The summed E-state index contributed by atoms with van der Waals surface area (Å²) in [6.07, 6.45) is 0. The Kier molecular flexibility index (Phi) is 6.29. The first-order valence-corrected chi connectivity index (χ1v) is 7.78. The van der Waals surface area contributed by atoms with E-state index in [4.69, 9.17) is 21.1 Å². The Balaban J connectivity index is 1.72. The largest absolute Gasteiger partial charge is 0.491 e. The van der Waals surface area contributed by atoms with Gasteiger partial charge in [0.15, 0.2) is 6.61 Å². The number of benzene rings is 2. The number of hydrogen-bond acceptors (Lipinski definition) is 3. The van der Waals surface area contributed by atoms with E-state index in [0.717, 1.165) is 11.3 Å². The molecule has 2 rings (SSSR count). The Labute approximate surface area is 141 Å². The molecule has 0 aliphatic carbocycles. The van der Waals surface area contributed by atoms with Crippen molar-refractivity contribution in [2.45, 2.75) is 19.9 Å². The zero-order valence-electron chi connectivity index (χ0n) is 13.2. The van der Waals surface area contributed by atoms with Crippen LogP contribution in [-0.4, -0.2) is 25.2 Å². The molecule has 5 heteroatoms. The molecule has 1 N–H and O–H groups in total. The molecule has 122 valence electrons. The first-order valence-electron chi connectivity index (χ1n) is 7.41. The minimum atomic E-state index is -0.194. The van der Waals surface area contributed by atoms with Gasteiger partial charge in [-0.3, -0.25) is 4.79 Å². The quantitative estimate of drug-likeness (QED) is 0.842. The van der Waals surface area contributed by atoms with Crippen LogP contribution in [0.4, 0.5) is 0 Å². The molecular weight excluding hydrogens is 314 g/mol. The molecule has 0 spiro atoms. The highest BCUT2D eigenvalue weighted by molar-refractivity contribution is 6.30. The fourth-order valence-electron chi connectivity index (χ4n) is 1.97. The summed E-state index contributed by atoms with van der Waals surface area (Å²) in [4.78, 5) is 11.9. The van der Waals surface area contributed by atoms with Crippen molar-refractivity contribution in [3.8, 4) is 11.5 Å². The van der Waals surface area contributed by atoms with E-state index >= 15 is 0 Å². The fourth-order valence-corrected chi connectivity index (χ4v) is 2.10. The van der Waals surface area contributed by atoms with Crippen molar-refractivity contribution in [3.05, 3.63) is 59.1 Å². The molecule has 0 aliphatic rings. The number of aryl methyl sites for hydroxylation is 1. The first-order chi connectivity index (χ1) is 11.0. The lowest BCUT2D eigenvalue weighted by molar-refractivity contribution is -0.123. The van der Waals surface area contributed by atoms with Crippen LogP contribution in [0.5, 0.6) is 11.5 Å². The standard InChI is InChI=1S/C18H20ClNO3/c1-13-5-3-4-6-17(13)23-11-14(2)20-18(21)12-22-16-9-7-15(19)8-10-16/h3-10,14H,11-12H2,1-2H3,(H,20,21). The van der Waals surface area contributed by atoms with Crippen LogP contribution in [0.25, 0.3) is 0 Å². The van der Waals surface area contributed by atoms with E-state index in [1.807, 2.05) is 38.1 Å². The molecular formula is C18H20ClNO3. The normalized spacial score (nSPS) is 11.6. The smallest absolute Gasteiger partial charge is 0.258 e. The van der Waals surface area contributed by atoms with Gasteiger partial charge in [0.1, 0.15) is 18.1 Å². The second kappa shape index (κ2) is 8.44. The maximum absolute atomic E-state index is 11.9. The summed E-state index contributed by atoms with van der Waals surface area (Å²) in [5.74, 6) is 1.24. The Morgan fingerprint density at radius 1 is 1.13 bits per heavy atom. The molecule has 2 aromatic rings. The highest BCUT2D eigenvalue weighted by Crippen LogP contribution is 2.16. The second-order valence-corrected chi connectivity index (χ2v) is 5.72. The average molecular weight is 334 g/mol. The maximum atomic E-state index is 11.9. The summed E-state index contributed by atoms with van der Waals surface area (Å²) in [5, 5.41) is 3.46. The molecule has 0 saturated heterocycles. The van der Waals surface area contributed by atoms with Crippen LogP contribution in [-0.2, 0) is 4.79 Å². The predicted molar refractivity (Wildman–Crippen MR) is 91.2 cm³/mol. The number of para-hydroxylation sites is 1. The number of hydrogen-bond donors (Lipinski definition) is 1. The highest BCUT2D eigenvalue weighted by Gasteiger charge is 2.09. The average Bonchev–Trinajstić information content (AvgIpc) is 2.53. The molecule has 23 heavy (non-hydrogen) atoms. The summed E-state index contributed by atoms with van der Waals surface area (Å²) in [6, 6.07) is 14.5. The van der Waals surface area contributed by atoms with Crippen LogP contribution in [0, 0.1) is 6.92 Å². The zero-order chi connectivity index (χ0) is 16.7. The van der Waals surface area contributed by atoms with Crippen LogP contribution in [0.3, 0.4) is 0 Å². The van der Waals surface area contributed by atoms with Gasteiger partial charge >= 0.3 is 0 Å². The first kappa shape index (κ1) is 17.2.